The molecule has 5 heteroatoms. The zero-order valence-electron chi connectivity index (χ0n) is 10.6. The Hall–Kier alpha value is -1.20. The maximum Gasteiger partial charge on any atom is 0.164 e. The van der Waals surface area contributed by atoms with E-state index in [1.54, 1.807) is 11.0 Å². The van der Waals surface area contributed by atoms with Crippen molar-refractivity contribution in [1.29, 1.82) is 0 Å². The Morgan fingerprint density at radius 3 is 2.89 bits per heavy atom. The average molecular weight is 309 g/mol. The molecule has 0 aliphatic carbocycles. The van der Waals surface area contributed by atoms with Gasteiger partial charge in [-0.25, -0.2) is 4.98 Å². The van der Waals surface area contributed by atoms with Crippen LogP contribution in [0.4, 0.5) is 0 Å². The number of hydrogen-bond donors (Lipinski definition) is 1. The van der Waals surface area contributed by atoms with Crippen LogP contribution >= 0.6 is 15.9 Å². The summed E-state index contributed by atoms with van der Waals surface area (Å²) in [6.45, 7) is 2.86. The lowest BCUT2D eigenvalue weighted by Crippen LogP contribution is -2.21. The highest BCUT2D eigenvalue weighted by Crippen LogP contribution is 2.20. The maximum absolute atomic E-state index is 4.26. The second-order valence-corrected chi connectivity index (χ2v) is 5.15. The van der Waals surface area contributed by atoms with Gasteiger partial charge < -0.3 is 5.32 Å². The molecule has 1 N–H and O–H groups in total. The summed E-state index contributed by atoms with van der Waals surface area (Å²) in [5.74, 6) is 0.825. The first-order valence-electron chi connectivity index (χ1n) is 6.02. The molecule has 2 aromatic rings. The molecule has 0 saturated heterocycles. The van der Waals surface area contributed by atoms with Gasteiger partial charge in [-0.15, -0.1) is 0 Å². The quantitative estimate of drug-likeness (QED) is 0.923. The highest BCUT2D eigenvalue weighted by molar-refractivity contribution is 9.10. The number of aromatic nitrogens is 3. The Kier molecular flexibility index (Phi) is 4.49. The molecule has 4 nitrogen and oxygen atoms in total. The number of hydrogen-bond acceptors (Lipinski definition) is 3. The Morgan fingerprint density at radius 2 is 2.28 bits per heavy atom. The van der Waals surface area contributed by atoms with Crippen molar-refractivity contribution in [3.05, 3.63) is 46.5 Å². The molecule has 2 rings (SSSR count). The molecule has 1 heterocycles. The lowest BCUT2D eigenvalue weighted by atomic mass is 10.0. The topological polar surface area (TPSA) is 42.7 Å². The van der Waals surface area contributed by atoms with Gasteiger partial charge in [0.05, 0.1) is 6.54 Å². The van der Waals surface area contributed by atoms with Crippen LogP contribution in [0.2, 0.25) is 0 Å². The molecule has 0 aliphatic heterocycles. The third kappa shape index (κ3) is 3.40. The number of aryl methyl sites for hydroxylation is 1. The van der Waals surface area contributed by atoms with Crippen molar-refractivity contribution < 1.29 is 0 Å². The molecule has 1 atom stereocenters. The second-order valence-electron chi connectivity index (χ2n) is 4.23. The number of nitrogens with one attached hydrogen (secondary N) is 1. The molecular formula is C13H17BrN4. The van der Waals surface area contributed by atoms with E-state index in [4.69, 9.17) is 0 Å². The summed E-state index contributed by atoms with van der Waals surface area (Å²) in [6.07, 6.45) is 2.75. The molecule has 0 bridgehead atoms. The first kappa shape index (κ1) is 13.2. The van der Waals surface area contributed by atoms with Crippen LogP contribution < -0.4 is 5.32 Å². The van der Waals surface area contributed by atoms with Crippen molar-refractivity contribution in [1.82, 2.24) is 20.1 Å². The lowest BCUT2D eigenvalue weighted by molar-refractivity contribution is 0.507. The predicted octanol–water partition coefficient (Wildman–Crippen LogP) is 2.82. The van der Waals surface area contributed by atoms with Crippen molar-refractivity contribution in [3.8, 4) is 0 Å². The largest absolute Gasteiger partial charge is 0.303 e. The number of nitrogens with zero attached hydrogens (tertiary/aromatic N) is 3. The van der Waals surface area contributed by atoms with E-state index < -0.39 is 0 Å². The summed E-state index contributed by atoms with van der Waals surface area (Å²) in [4.78, 5) is 4.21. The third-order valence-electron chi connectivity index (χ3n) is 2.81. The molecule has 18 heavy (non-hydrogen) atoms. The van der Waals surface area contributed by atoms with E-state index in [9.17, 15) is 0 Å². The molecule has 0 radical (unpaired) electrons. The SMILES string of the molecule is CCC(NCc1ncn(C)n1)c1cccc(Br)c1. The zero-order valence-corrected chi connectivity index (χ0v) is 12.2. The van der Waals surface area contributed by atoms with Crippen LogP contribution in [0.1, 0.15) is 30.8 Å². The summed E-state index contributed by atoms with van der Waals surface area (Å²) >= 11 is 3.50. The molecule has 0 amide bonds. The van der Waals surface area contributed by atoms with E-state index in [2.05, 4.69) is 56.5 Å². The van der Waals surface area contributed by atoms with Gasteiger partial charge in [-0.1, -0.05) is 35.0 Å². The highest BCUT2D eigenvalue weighted by atomic mass is 79.9. The normalized spacial score (nSPS) is 12.6. The van der Waals surface area contributed by atoms with Crippen LogP contribution in [0.3, 0.4) is 0 Å². The maximum atomic E-state index is 4.26. The van der Waals surface area contributed by atoms with Crippen molar-refractivity contribution in [2.75, 3.05) is 0 Å². The number of rotatable bonds is 5. The molecule has 0 aliphatic rings. The molecule has 0 spiro atoms. The third-order valence-corrected chi connectivity index (χ3v) is 3.31. The van der Waals surface area contributed by atoms with Crippen molar-refractivity contribution in [2.24, 2.45) is 7.05 Å². The van der Waals surface area contributed by atoms with Crippen LogP contribution in [-0.2, 0) is 13.6 Å². The minimum absolute atomic E-state index is 0.325. The van der Waals surface area contributed by atoms with Gasteiger partial charge in [0, 0.05) is 17.6 Å². The minimum atomic E-state index is 0.325. The highest BCUT2D eigenvalue weighted by Gasteiger charge is 2.10. The molecule has 96 valence electrons. The smallest absolute Gasteiger partial charge is 0.164 e. The van der Waals surface area contributed by atoms with Gasteiger partial charge in [-0.2, -0.15) is 5.10 Å². The molecular weight excluding hydrogens is 292 g/mol. The first-order valence-corrected chi connectivity index (χ1v) is 6.81. The van der Waals surface area contributed by atoms with Crippen LogP contribution in [0, 0.1) is 0 Å². The fourth-order valence-electron chi connectivity index (χ4n) is 1.90. The average Bonchev–Trinajstić information content (AvgIpc) is 2.76. The number of halogens is 1. The van der Waals surface area contributed by atoms with E-state index in [1.807, 2.05) is 13.1 Å². The number of benzene rings is 1. The van der Waals surface area contributed by atoms with Crippen molar-refractivity contribution in [2.45, 2.75) is 25.9 Å². The van der Waals surface area contributed by atoms with E-state index in [0.717, 1.165) is 16.7 Å². The summed E-state index contributed by atoms with van der Waals surface area (Å²) in [5.41, 5.74) is 1.28. The molecule has 1 aromatic carbocycles. The Morgan fingerprint density at radius 1 is 1.44 bits per heavy atom. The van der Waals surface area contributed by atoms with Gasteiger partial charge in [0.2, 0.25) is 0 Å². The van der Waals surface area contributed by atoms with Crippen LogP contribution in [-0.4, -0.2) is 14.8 Å². The molecule has 0 saturated carbocycles. The first-order chi connectivity index (χ1) is 8.69. The van der Waals surface area contributed by atoms with E-state index in [-0.39, 0.29) is 0 Å². The van der Waals surface area contributed by atoms with E-state index in [0.29, 0.717) is 12.6 Å². The van der Waals surface area contributed by atoms with Gasteiger partial charge in [-0.3, -0.25) is 4.68 Å². The summed E-state index contributed by atoms with van der Waals surface area (Å²) in [5, 5.41) is 7.75. The summed E-state index contributed by atoms with van der Waals surface area (Å²) in [6, 6.07) is 8.70. The fraction of sp³-hybridized carbons (Fsp3) is 0.385. The van der Waals surface area contributed by atoms with E-state index in [1.165, 1.54) is 5.56 Å². The lowest BCUT2D eigenvalue weighted by Gasteiger charge is -2.16. The standard InChI is InChI=1S/C13H17BrN4/c1-3-12(10-5-4-6-11(14)7-10)15-8-13-16-9-18(2)17-13/h4-7,9,12,15H,3,8H2,1-2H3. The zero-order chi connectivity index (χ0) is 13.0. The van der Waals surface area contributed by atoms with Crippen LogP contribution in [0.5, 0.6) is 0 Å². The minimum Gasteiger partial charge on any atom is -0.303 e. The molecule has 1 aromatic heterocycles. The molecule has 0 fully saturated rings. The fourth-order valence-corrected chi connectivity index (χ4v) is 2.32. The van der Waals surface area contributed by atoms with Crippen LogP contribution in [0.15, 0.2) is 35.1 Å². The van der Waals surface area contributed by atoms with Gasteiger partial charge in [0.1, 0.15) is 6.33 Å². The van der Waals surface area contributed by atoms with Gasteiger partial charge in [0.25, 0.3) is 0 Å². The summed E-state index contributed by atoms with van der Waals surface area (Å²) < 4.78 is 2.83. The Labute approximate surface area is 116 Å². The monoisotopic (exact) mass is 308 g/mol. The van der Waals surface area contributed by atoms with Gasteiger partial charge >= 0.3 is 0 Å². The van der Waals surface area contributed by atoms with Crippen molar-refractivity contribution >= 4 is 15.9 Å². The van der Waals surface area contributed by atoms with Gasteiger partial charge in [-0.05, 0) is 24.1 Å². The van der Waals surface area contributed by atoms with E-state index >= 15 is 0 Å². The second kappa shape index (κ2) is 6.11. The predicted molar refractivity (Wildman–Crippen MR) is 75.0 cm³/mol. The molecule has 1 unspecified atom stereocenters. The van der Waals surface area contributed by atoms with Crippen LogP contribution in [0.25, 0.3) is 0 Å². The summed E-state index contributed by atoms with van der Waals surface area (Å²) in [7, 11) is 1.88. The van der Waals surface area contributed by atoms with Crippen molar-refractivity contribution in [3.63, 3.8) is 0 Å². The van der Waals surface area contributed by atoms with Gasteiger partial charge in [0.15, 0.2) is 5.82 Å². The Balaban J connectivity index is 2.01. The Bertz CT molecular complexity index is 509.